The summed E-state index contributed by atoms with van der Waals surface area (Å²) in [6, 6.07) is 7.93. The Kier molecular flexibility index (Phi) is 8.05. The Bertz CT molecular complexity index is 507. The standard InChI is InChI=1S/C19H30N2O3/c1-2-11-24-14-17-9-4-3-7-15(17)12-20-19(23)21-18-10-6-5-8-16(18)13-22/h3-4,7,9,16,18,22H,2,5-6,8,10-14H2,1H3,(H2,20,21,23). The minimum Gasteiger partial charge on any atom is -0.396 e. The molecule has 5 nitrogen and oxygen atoms in total. The Labute approximate surface area is 144 Å². The lowest BCUT2D eigenvalue weighted by molar-refractivity contribution is 0.121. The third-order valence-electron chi connectivity index (χ3n) is 4.62. The molecule has 24 heavy (non-hydrogen) atoms. The van der Waals surface area contributed by atoms with E-state index in [1.54, 1.807) is 0 Å². The predicted molar refractivity (Wildman–Crippen MR) is 94.6 cm³/mol. The zero-order valence-electron chi connectivity index (χ0n) is 14.6. The van der Waals surface area contributed by atoms with Crippen LogP contribution in [0, 0.1) is 5.92 Å². The van der Waals surface area contributed by atoms with Crippen molar-refractivity contribution in [1.29, 1.82) is 0 Å². The number of benzene rings is 1. The van der Waals surface area contributed by atoms with Crippen LogP contribution in [0.4, 0.5) is 4.79 Å². The van der Waals surface area contributed by atoms with Crippen molar-refractivity contribution in [1.82, 2.24) is 10.6 Å². The van der Waals surface area contributed by atoms with Crippen molar-refractivity contribution in [2.24, 2.45) is 5.92 Å². The van der Waals surface area contributed by atoms with E-state index in [1.807, 2.05) is 24.3 Å². The van der Waals surface area contributed by atoms with E-state index in [0.29, 0.717) is 13.2 Å². The number of aliphatic hydroxyl groups is 1. The van der Waals surface area contributed by atoms with Crippen LogP contribution in [0.5, 0.6) is 0 Å². The lowest BCUT2D eigenvalue weighted by Crippen LogP contribution is -2.47. The van der Waals surface area contributed by atoms with Gasteiger partial charge in [-0.2, -0.15) is 0 Å². The fourth-order valence-corrected chi connectivity index (χ4v) is 3.21. The zero-order chi connectivity index (χ0) is 17.2. The largest absolute Gasteiger partial charge is 0.396 e. The van der Waals surface area contributed by atoms with Gasteiger partial charge in [0, 0.05) is 31.7 Å². The molecule has 2 rings (SSSR count). The molecule has 1 aromatic rings. The highest BCUT2D eigenvalue weighted by Crippen LogP contribution is 2.23. The Morgan fingerprint density at radius 3 is 2.75 bits per heavy atom. The van der Waals surface area contributed by atoms with E-state index in [1.165, 1.54) is 0 Å². The van der Waals surface area contributed by atoms with Gasteiger partial charge in [0.1, 0.15) is 0 Å². The first-order chi connectivity index (χ1) is 11.7. The van der Waals surface area contributed by atoms with Crippen LogP contribution in [0.3, 0.4) is 0 Å². The third kappa shape index (κ3) is 5.80. The quantitative estimate of drug-likeness (QED) is 0.640. The molecular formula is C19H30N2O3. The number of urea groups is 1. The van der Waals surface area contributed by atoms with Crippen LogP contribution in [0.15, 0.2) is 24.3 Å². The molecular weight excluding hydrogens is 304 g/mol. The van der Waals surface area contributed by atoms with Crippen LogP contribution in [0.2, 0.25) is 0 Å². The normalized spacial score (nSPS) is 20.6. The minimum absolute atomic E-state index is 0.0758. The average molecular weight is 334 g/mol. The lowest BCUT2D eigenvalue weighted by atomic mass is 9.85. The number of amides is 2. The highest BCUT2D eigenvalue weighted by atomic mass is 16.5. The van der Waals surface area contributed by atoms with Gasteiger partial charge >= 0.3 is 6.03 Å². The van der Waals surface area contributed by atoms with E-state index in [-0.39, 0.29) is 24.6 Å². The number of nitrogens with one attached hydrogen (secondary N) is 2. The Balaban J connectivity index is 1.83. The van der Waals surface area contributed by atoms with Crippen LogP contribution >= 0.6 is 0 Å². The average Bonchev–Trinajstić information content (AvgIpc) is 2.61. The highest BCUT2D eigenvalue weighted by Gasteiger charge is 2.25. The molecule has 1 saturated carbocycles. The molecule has 1 aliphatic rings. The van der Waals surface area contributed by atoms with E-state index in [0.717, 1.165) is 49.8 Å². The zero-order valence-corrected chi connectivity index (χ0v) is 14.6. The number of ether oxygens (including phenoxy) is 1. The van der Waals surface area contributed by atoms with Gasteiger partial charge in [-0.05, 0) is 30.4 Å². The number of carbonyl (C=O) groups excluding carboxylic acids is 1. The van der Waals surface area contributed by atoms with Crippen molar-refractivity contribution in [3.63, 3.8) is 0 Å². The summed E-state index contributed by atoms with van der Waals surface area (Å²) in [7, 11) is 0. The molecule has 1 aliphatic carbocycles. The lowest BCUT2D eigenvalue weighted by Gasteiger charge is -2.30. The summed E-state index contributed by atoms with van der Waals surface area (Å²) >= 11 is 0. The first kappa shape index (κ1) is 18.7. The summed E-state index contributed by atoms with van der Waals surface area (Å²) in [5, 5.41) is 15.4. The summed E-state index contributed by atoms with van der Waals surface area (Å²) < 4.78 is 5.61. The molecule has 0 spiro atoms. The van der Waals surface area contributed by atoms with Crippen LogP contribution in [-0.4, -0.2) is 30.4 Å². The number of aliphatic hydroxyl groups excluding tert-OH is 1. The SMILES string of the molecule is CCCOCc1ccccc1CNC(=O)NC1CCCCC1CO. The fraction of sp³-hybridized carbons (Fsp3) is 0.632. The van der Waals surface area contributed by atoms with E-state index in [9.17, 15) is 9.90 Å². The molecule has 0 bridgehead atoms. The number of hydrogen-bond donors (Lipinski definition) is 3. The predicted octanol–water partition coefficient (Wildman–Crippen LogP) is 2.96. The van der Waals surface area contributed by atoms with Gasteiger partial charge in [-0.15, -0.1) is 0 Å². The Morgan fingerprint density at radius 2 is 2.00 bits per heavy atom. The summed E-state index contributed by atoms with van der Waals surface area (Å²) in [4.78, 5) is 12.2. The van der Waals surface area contributed by atoms with Gasteiger partial charge in [-0.1, -0.05) is 44.0 Å². The first-order valence-electron chi connectivity index (χ1n) is 9.04. The summed E-state index contributed by atoms with van der Waals surface area (Å²) in [5.74, 6) is 0.180. The second-order valence-electron chi connectivity index (χ2n) is 6.48. The molecule has 2 amide bonds. The maximum Gasteiger partial charge on any atom is 0.315 e. The minimum atomic E-state index is -0.162. The first-order valence-corrected chi connectivity index (χ1v) is 9.04. The van der Waals surface area contributed by atoms with Crippen LogP contribution in [0.25, 0.3) is 0 Å². The second kappa shape index (κ2) is 10.3. The number of carbonyl (C=O) groups is 1. The van der Waals surface area contributed by atoms with Crippen molar-refractivity contribution in [2.75, 3.05) is 13.2 Å². The number of rotatable bonds is 8. The van der Waals surface area contributed by atoms with Gasteiger partial charge in [0.15, 0.2) is 0 Å². The van der Waals surface area contributed by atoms with Crippen LogP contribution in [0.1, 0.15) is 50.2 Å². The van der Waals surface area contributed by atoms with E-state index >= 15 is 0 Å². The summed E-state index contributed by atoms with van der Waals surface area (Å²) in [6.45, 7) is 4.02. The molecule has 1 fully saturated rings. The van der Waals surface area contributed by atoms with Gasteiger partial charge in [-0.25, -0.2) is 4.79 Å². The Morgan fingerprint density at radius 1 is 1.25 bits per heavy atom. The molecule has 2 unspecified atom stereocenters. The fourth-order valence-electron chi connectivity index (χ4n) is 3.21. The van der Waals surface area contributed by atoms with Crippen LogP contribution < -0.4 is 10.6 Å². The summed E-state index contributed by atoms with van der Waals surface area (Å²) in [5.41, 5.74) is 2.18. The van der Waals surface area contributed by atoms with Crippen molar-refractivity contribution in [3.8, 4) is 0 Å². The smallest absolute Gasteiger partial charge is 0.315 e. The molecule has 0 radical (unpaired) electrons. The van der Waals surface area contributed by atoms with E-state index in [4.69, 9.17) is 4.74 Å². The third-order valence-corrected chi connectivity index (χ3v) is 4.62. The molecule has 3 N–H and O–H groups in total. The molecule has 134 valence electrons. The Hall–Kier alpha value is -1.59. The molecule has 0 aromatic heterocycles. The van der Waals surface area contributed by atoms with Crippen molar-refractivity contribution in [3.05, 3.63) is 35.4 Å². The van der Waals surface area contributed by atoms with Gasteiger partial charge < -0.3 is 20.5 Å². The molecule has 0 aliphatic heterocycles. The second-order valence-corrected chi connectivity index (χ2v) is 6.48. The maximum absolute atomic E-state index is 12.2. The van der Waals surface area contributed by atoms with Crippen molar-refractivity contribution >= 4 is 6.03 Å². The van der Waals surface area contributed by atoms with Gasteiger partial charge in [0.05, 0.1) is 6.61 Å². The van der Waals surface area contributed by atoms with E-state index in [2.05, 4.69) is 17.6 Å². The van der Waals surface area contributed by atoms with Crippen molar-refractivity contribution in [2.45, 2.75) is 58.2 Å². The topological polar surface area (TPSA) is 70.6 Å². The molecule has 1 aromatic carbocycles. The summed E-state index contributed by atoms with van der Waals surface area (Å²) in [6.07, 6.45) is 5.17. The van der Waals surface area contributed by atoms with Gasteiger partial charge in [0.2, 0.25) is 0 Å². The highest BCUT2D eigenvalue weighted by molar-refractivity contribution is 5.74. The van der Waals surface area contributed by atoms with Gasteiger partial charge in [0.25, 0.3) is 0 Å². The monoisotopic (exact) mass is 334 g/mol. The van der Waals surface area contributed by atoms with Crippen LogP contribution in [-0.2, 0) is 17.9 Å². The van der Waals surface area contributed by atoms with Gasteiger partial charge in [-0.3, -0.25) is 0 Å². The van der Waals surface area contributed by atoms with Crippen molar-refractivity contribution < 1.29 is 14.6 Å². The number of hydrogen-bond acceptors (Lipinski definition) is 3. The molecule has 0 heterocycles. The molecule has 2 atom stereocenters. The molecule has 5 heteroatoms. The maximum atomic E-state index is 12.2. The molecule has 0 saturated heterocycles. The van der Waals surface area contributed by atoms with E-state index < -0.39 is 0 Å².